The van der Waals surface area contributed by atoms with E-state index < -0.39 is 30.4 Å². The average molecular weight is 341 g/mol. The summed E-state index contributed by atoms with van der Waals surface area (Å²) in [6, 6.07) is 8.75. The second-order valence-electron chi connectivity index (χ2n) is 6.35. The molecule has 2 heterocycles. The number of aromatic nitrogens is 1. The van der Waals surface area contributed by atoms with Crippen molar-refractivity contribution in [2.75, 3.05) is 0 Å². The van der Waals surface area contributed by atoms with E-state index >= 15 is 0 Å². The number of hydrogen-bond acceptors (Lipinski definition) is 4. The van der Waals surface area contributed by atoms with Crippen LogP contribution in [0.15, 0.2) is 42.6 Å². The van der Waals surface area contributed by atoms with Gasteiger partial charge in [0.1, 0.15) is 12.6 Å². The van der Waals surface area contributed by atoms with Crippen molar-refractivity contribution in [3.05, 3.63) is 59.4 Å². The number of aromatic amines is 1. The van der Waals surface area contributed by atoms with Gasteiger partial charge in [0.05, 0.1) is 18.2 Å². The Morgan fingerprint density at radius 1 is 1.16 bits per heavy atom. The van der Waals surface area contributed by atoms with Crippen LogP contribution in [0.4, 0.5) is 0 Å². The first-order chi connectivity index (χ1) is 12.4. The molecular formula is C19H20N2O4. The minimum Gasteiger partial charge on any atom is -0.458 e. The number of hydrogen-bond donors (Lipinski definition) is 1. The number of fused-ring (bicyclic) bond motifs is 1. The normalized spacial score (nSPS) is 16.6. The molecule has 6 heteroatoms. The second-order valence-corrected chi connectivity index (χ2v) is 6.35. The summed E-state index contributed by atoms with van der Waals surface area (Å²) >= 11 is 0. The van der Waals surface area contributed by atoms with E-state index in [9.17, 15) is 14.4 Å². The monoisotopic (exact) mass is 341 g/mol. The summed E-state index contributed by atoms with van der Waals surface area (Å²) < 4.78 is 13.2. The summed E-state index contributed by atoms with van der Waals surface area (Å²) in [7, 11) is 0. The van der Waals surface area contributed by atoms with Crippen molar-refractivity contribution in [3.8, 4) is 0 Å². The van der Waals surface area contributed by atoms with E-state index in [1.54, 1.807) is 42.6 Å². The number of amides is 2. The summed E-state index contributed by atoms with van der Waals surface area (Å²) in [5.41, 5.74) is 0.987. The van der Waals surface area contributed by atoms with Crippen molar-refractivity contribution in [1.29, 1.82) is 0 Å². The van der Waals surface area contributed by atoms with E-state index in [1.165, 1.54) is 0 Å². The summed E-state index contributed by atoms with van der Waals surface area (Å²) in [5, 5.41) is 0. The molecule has 0 unspecified atom stereocenters. The number of benzene rings is 1. The Bertz CT molecular complexity index is 797. The zero-order valence-corrected chi connectivity index (χ0v) is 14.1. The smallest absolute Gasteiger partial charge is 0.329 e. The van der Waals surface area contributed by atoms with E-state index in [1.807, 2.05) is 13.8 Å². The van der Waals surface area contributed by atoms with Crippen LogP contribution in [0.5, 0.6) is 0 Å². The molecule has 0 saturated heterocycles. The topological polar surface area (TPSA) is 79.5 Å². The minimum atomic E-state index is -1.25. The van der Waals surface area contributed by atoms with Gasteiger partial charge in [0.25, 0.3) is 11.8 Å². The Morgan fingerprint density at radius 2 is 1.80 bits per heavy atom. The lowest BCUT2D eigenvalue weighted by Crippen LogP contribution is -2.46. The number of nitrogens with one attached hydrogen (secondary N) is 1. The Kier molecular flexibility index (Phi) is 4.33. The van der Waals surface area contributed by atoms with Gasteiger partial charge in [-0.1, -0.05) is 26.0 Å². The van der Waals surface area contributed by atoms with E-state index in [-0.39, 0.29) is 23.5 Å². The number of H-pyrrole nitrogens is 1. The van der Waals surface area contributed by atoms with Crippen LogP contribution in [-0.4, -0.2) is 33.7 Å². The number of nitrogens with zero attached hydrogens (tertiary/aromatic N) is 1. The highest BCUT2D eigenvalue weighted by Crippen LogP contribution is 2.27. The molecule has 3 rings (SSSR count). The van der Waals surface area contributed by atoms with Gasteiger partial charge >= 0.3 is 5.97 Å². The predicted molar refractivity (Wildman–Crippen MR) is 90.8 cm³/mol. The van der Waals surface area contributed by atoms with Gasteiger partial charge in [0.2, 0.25) is 0 Å². The fourth-order valence-electron chi connectivity index (χ4n) is 2.86. The Hall–Kier alpha value is -2.89. The molecule has 2 atom stereocenters. The van der Waals surface area contributed by atoms with Crippen LogP contribution in [0.25, 0.3) is 0 Å². The highest BCUT2D eigenvalue weighted by atomic mass is 16.5. The van der Waals surface area contributed by atoms with Crippen LogP contribution < -0.4 is 0 Å². The van der Waals surface area contributed by atoms with E-state index in [0.29, 0.717) is 5.69 Å². The van der Waals surface area contributed by atoms with Gasteiger partial charge < -0.3 is 9.72 Å². The minimum absolute atomic E-state index is 0.0477. The van der Waals surface area contributed by atoms with Crippen molar-refractivity contribution >= 4 is 17.8 Å². The molecule has 6 nitrogen and oxygen atoms in total. The summed E-state index contributed by atoms with van der Waals surface area (Å²) in [6.45, 7) is 2.53. The first-order valence-corrected chi connectivity index (χ1v) is 8.13. The van der Waals surface area contributed by atoms with Gasteiger partial charge in [0.15, 0.2) is 0 Å². The molecule has 0 bridgehead atoms. The molecule has 1 aromatic heterocycles. The fourth-order valence-corrected chi connectivity index (χ4v) is 2.86. The molecule has 1 aliphatic heterocycles. The molecule has 0 spiro atoms. The van der Waals surface area contributed by atoms with Crippen molar-refractivity contribution in [3.63, 3.8) is 0 Å². The van der Waals surface area contributed by atoms with Gasteiger partial charge in [-0.05, 0) is 36.6 Å². The van der Waals surface area contributed by atoms with Gasteiger partial charge in [0, 0.05) is 6.20 Å². The van der Waals surface area contributed by atoms with Crippen molar-refractivity contribution in [1.82, 2.24) is 9.88 Å². The number of carbonyl (C=O) groups excluding carboxylic acids is 3. The largest absolute Gasteiger partial charge is 0.458 e. The Morgan fingerprint density at radius 3 is 2.32 bits per heavy atom. The van der Waals surface area contributed by atoms with Crippen LogP contribution in [0.1, 0.15) is 48.0 Å². The van der Waals surface area contributed by atoms with E-state index in [2.05, 4.69) is 4.98 Å². The molecule has 130 valence electrons. The second kappa shape index (κ2) is 6.93. The van der Waals surface area contributed by atoms with Crippen LogP contribution in [-0.2, 0) is 16.1 Å². The maximum atomic E-state index is 12.7. The summed E-state index contributed by atoms with van der Waals surface area (Å²) in [4.78, 5) is 41.9. The van der Waals surface area contributed by atoms with Crippen LogP contribution in [0.2, 0.25) is 0 Å². The van der Waals surface area contributed by atoms with Crippen LogP contribution in [0.3, 0.4) is 0 Å². The molecule has 0 aliphatic carbocycles. The molecular weight excluding hydrogens is 320 g/mol. The van der Waals surface area contributed by atoms with Crippen molar-refractivity contribution < 1.29 is 20.5 Å². The third-order valence-electron chi connectivity index (χ3n) is 4.03. The van der Waals surface area contributed by atoms with E-state index in [4.69, 9.17) is 6.11 Å². The lowest BCUT2D eigenvalue weighted by molar-refractivity contribution is -0.150. The molecule has 1 aliphatic rings. The molecule has 2 aromatic rings. The highest BCUT2D eigenvalue weighted by molar-refractivity contribution is 6.22. The molecule has 0 fully saturated rings. The first-order valence-electron chi connectivity index (χ1n) is 8.70. The lowest BCUT2D eigenvalue weighted by atomic mass is 10.0. The highest BCUT2D eigenvalue weighted by Gasteiger charge is 2.43. The molecule has 25 heavy (non-hydrogen) atoms. The molecule has 1 aromatic carbocycles. The maximum absolute atomic E-state index is 12.7. The van der Waals surface area contributed by atoms with Crippen molar-refractivity contribution in [2.24, 2.45) is 5.92 Å². The molecule has 2 amide bonds. The standard InChI is InChI=1S/C19H20N2O4/c1-12(2)10-16(19(24)25-11-13-6-5-9-20-13)21-17(22)14-7-3-4-8-15(14)18(21)23/h3-9,12,16,20H,10-11H2,1-2H3/t16-/m0/s1/i11D/t11-,16-. The summed E-state index contributed by atoms with van der Waals surface area (Å²) in [5.74, 6) is -1.72. The van der Waals surface area contributed by atoms with Crippen LogP contribution in [0, 0.1) is 5.92 Å². The first kappa shape index (κ1) is 15.6. The fraction of sp³-hybridized carbons (Fsp3) is 0.316. The lowest BCUT2D eigenvalue weighted by Gasteiger charge is -2.25. The van der Waals surface area contributed by atoms with Gasteiger partial charge in [-0.25, -0.2) is 4.79 Å². The van der Waals surface area contributed by atoms with Gasteiger partial charge in [-0.2, -0.15) is 0 Å². The Labute approximate surface area is 147 Å². The van der Waals surface area contributed by atoms with Gasteiger partial charge in [-0.15, -0.1) is 0 Å². The third kappa shape index (κ3) is 3.33. The molecule has 0 radical (unpaired) electrons. The van der Waals surface area contributed by atoms with Gasteiger partial charge in [-0.3, -0.25) is 14.5 Å². The summed E-state index contributed by atoms with van der Waals surface area (Å²) in [6.07, 6.45) is 1.89. The number of ether oxygens (including phenoxy) is 1. The number of imide groups is 1. The molecule has 1 N–H and O–H groups in total. The number of esters is 1. The number of rotatable bonds is 6. The average Bonchev–Trinajstić information content (AvgIpc) is 3.22. The third-order valence-corrected chi connectivity index (χ3v) is 4.03. The zero-order valence-electron chi connectivity index (χ0n) is 15.1. The Balaban J connectivity index is 1.86. The quantitative estimate of drug-likeness (QED) is 0.647. The predicted octanol–water partition coefficient (Wildman–Crippen LogP) is 2.77. The maximum Gasteiger partial charge on any atom is 0.329 e. The zero-order chi connectivity index (χ0) is 18.8. The van der Waals surface area contributed by atoms with Crippen molar-refractivity contribution in [2.45, 2.75) is 32.9 Å². The van der Waals surface area contributed by atoms with E-state index in [0.717, 1.165) is 4.90 Å². The SMILES string of the molecule is [2H][C@H](OC(=O)[C@H](CC(C)C)N1C(=O)c2ccccc2C1=O)c1ccc[nH]1. The number of carbonyl (C=O) groups is 3. The van der Waals surface area contributed by atoms with Crippen LogP contribution >= 0.6 is 0 Å². The molecule has 0 saturated carbocycles.